The largest absolute Gasteiger partial charge is 0.398 e. The second kappa shape index (κ2) is 13.4. The van der Waals surface area contributed by atoms with Crippen molar-refractivity contribution in [3.05, 3.63) is 37.2 Å². The SMILES string of the molecule is Nc1ccnc2c1ccn2[C@@H]1O[C@@H]2COP(=O)(S)O[C@@H]3[C@H](O)[C@@H](COP(O)(=S)O[C@H]2[C@H]1F)O[C@H]3n1cnc2c(N)ncnc21.S.S. The number of pyridine rings is 1. The van der Waals surface area contributed by atoms with Gasteiger partial charge in [0.15, 0.2) is 30.1 Å². The third kappa shape index (κ3) is 6.41. The summed E-state index contributed by atoms with van der Waals surface area (Å²) in [5.41, 5.74) is 13.2. The molecule has 0 radical (unpaired) electrons. The molecule has 2 unspecified atom stereocenters. The molecule has 3 aliphatic rings. The summed E-state index contributed by atoms with van der Waals surface area (Å²) in [6, 6.07) is 3.25. The molecular weight excluding hydrogens is 730 g/mol. The lowest BCUT2D eigenvalue weighted by Gasteiger charge is -2.27. The molecule has 46 heavy (non-hydrogen) atoms. The van der Waals surface area contributed by atoms with Crippen molar-refractivity contribution in [2.24, 2.45) is 0 Å². The van der Waals surface area contributed by atoms with Gasteiger partial charge >= 0.3 is 13.5 Å². The molecule has 24 heteroatoms. The van der Waals surface area contributed by atoms with E-state index in [2.05, 4.69) is 32.2 Å². The Bertz CT molecular complexity index is 1840. The first-order chi connectivity index (χ1) is 20.9. The molecule has 0 aromatic carbocycles. The van der Waals surface area contributed by atoms with Crippen LogP contribution in [0.2, 0.25) is 0 Å². The molecule has 0 aliphatic carbocycles. The van der Waals surface area contributed by atoms with E-state index < -0.39 is 75.9 Å². The average molecular weight is 759 g/mol. The summed E-state index contributed by atoms with van der Waals surface area (Å²) in [7, 11) is 0. The van der Waals surface area contributed by atoms with Crippen LogP contribution in [0.1, 0.15) is 12.5 Å². The minimum atomic E-state index is -4.32. The van der Waals surface area contributed by atoms with Crippen LogP contribution in [0.5, 0.6) is 0 Å². The van der Waals surface area contributed by atoms with E-state index in [1.165, 1.54) is 34.2 Å². The van der Waals surface area contributed by atoms with E-state index in [1.807, 2.05) is 0 Å². The number of imidazole rings is 1. The first-order valence-electron chi connectivity index (χ1n) is 13.0. The molecule has 3 aliphatic heterocycles. The van der Waals surface area contributed by atoms with E-state index >= 15 is 4.39 Å². The lowest BCUT2D eigenvalue weighted by Crippen LogP contribution is -2.35. The molecule has 3 saturated heterocycles. The Balaban J connectivity index is 0.00000208. The van der Waals surface area contributed by atoms with Crippen molar-refractivity contribution in [2.75, 3.05) is 24.7 Å². The molecule has 7 heterocycles. The van der Waals surface area contributed by atoms with Crippen LogP contribution in [0.4, 0.5) is 15.9 Å². The topological polar surface area (TPSA) is 226 Å². The Labute approximate surface area is 283 Å². The Morgan fingerprint density at radius 3 is 2.50 bits per heavy atom. The minimum Gasteiger partial charge on any atom is -0.398 e. The Morgan fingerprint density at radius 1 is 0.978 bits per heavy atom. The summed E-state index contributed by atoms with van der Waals surface area (Å²) >= 11 is 9.29. The third-order valence-electron chi connectivity index (χ3n) is 7.48. The molecule has 10 atom stereocenters. The fourth-order valence-electron chi connectivity index (χ4n) is 5.42. The van der Waals surface area contributed by atoms with Crippen molar-refractivity contribution in [2.45, 2.75) is 49.1 Å². The molecule has 0 spiro atoms. The van der Waals surface area contributed by atoms with Crippen LogP contribution < -0.4 is 11.5 Å². The van der Waals surface area contributed by atoms with Crippen molar-refractivity contribution in [1.29, 1.82) is 0 Å². The molecule has 6 N–H and O–H groups in total. The number of nitrogens with zero attached hydrogens (tertiary/aromatic N) is 6. The molecule has 2 bridgehead atoms. The van der Waals surface area contributed by atoms with Gasteiger partial charge in [-0.1, -0.05) is 12.2 Å². The average Bonchev–Trinajstić information content (AvgIpc) is 3.73. The van der Waals surface area contributed by atoms with Gasteiger partial charge < -0.3 is 40.0 Å². The summed E-state index contributed by atoms with van der Waals surface area (Å²) in [4.78, 5) is 27.5. The first kappa shape index (κ1) is 35.7. The molecular formula is C22H29FN8O9P2S4. The van der Waals surface area contributed by atoms with Crippen molar-refractivity contribution in [3.8, 4) is 0 Å². The Morgan fingerprint density at radius 2 is 1.72 bits per heavy atom. The highest BCUT2D eigenvalue weighted by molar-refractivity contribution is 8.44. The number of aliphatic hydroxyl groups excluding tert-OH is 1. The lowest BCUT2D eigenvalue weighted by atomic mass is 10.1. The third-order valence-corrected chi connectivity index (χ3v) is 10.7. The van der Waals surface area contributed by atoms with E-state index in [1.54, 1.807) is 12.1 Å². The summed E-state index contributed by atoms with van der Waals surface area (Å²) in [6.07, 6.45) is -5.83. The van der Waals surface area contributed by atoms with Gasteiger partial charge in [-0.15, -0.1) is 0 Å². The monoisotopic (exact) mass is 758 g/mol. The zero-order valence-corrected chi connectivity index (χ0v) is 28.7. The number of aliphatic hydroxyl groups is 1. The zero-order valence-electron chi connectivity index (χ0n) is 23.2. The predicted octanol–water partition coefficient (Wildman–Crippen LogP) is 1.83. The van der Waals surface area contributed by atoms with Crippen molar-refractivity contribution >= 4 is 98.3 Å². The van der Waals surface area contributed by atoms with E-state index in [-0.39, 0.29) is 44.0 Å². The van der Waals surface area contributed by atoms with Crippen LogP contribution in [0, 0.1) is 0 Å². The van der Waals surface area contributed by atoms with Crippen molar-refractivity contribution in [3.63, 3.8) is 0 Å². The van der Waals surface area contributed by atoms with Crippen LogP contribution >= 0.6 is 52.8 Å². The predicted molar refractivity (Wildman–Crippen MR) is 178 cm³/mol. The summed E-state index contributed by atoms with van der Waals surface area (Å²) in [6.45, 7) is -9.62. The Hall–Kier alpha value is -1.62. The van der Waals surface area contributed by atoms with E-state index in [0.29, 0.717) is 16.7 Å². The van der Waals surface area contributed by atoms with Crippen LogP contribution in [-0.4, -0.2) is 89.0 Å². The van der Waals surface area contributed by atoms with Crippen LogP contribution in [0.15, 0.2) is 37.2 Å². The fourth-order valence-corrected chi connectivity index (χ4v) is 8.31. The number of hydrogen-bond donors (Lipinski definition) is 5. The van der Waals surface area contributed by atoms with Gasteiger partial charge in [0.25, 0.3) is 0 Å². The van der Waals surface area contributed by atoms with Gasteiger partial charge in [-0.05, 0) is 23.9 Å². The molecule has 7 rings (SSSR count). The molecule has 4 aromatic heterocycles. The van der Waals surface area contributed by atoms with E-state index in [0.717, 1.165) is 0 Å². The maximum absolute atomic E-state index is 16.0. The number of fused-ring (bicyclic) bond motifs is 5. The molecule has 252 valence electrons. The van der Waals surface area contributed by atoms with E-state index in [9.17, 15) is 14.6 Å². The van der Waals surface area contributed by atoms with Crippen LogP contribution in [-0.2, 0) is 43.9 Å². The van der Waals surface area contributed by atoms with Crippen LogP contribution in [0.25, 0.3) is 22.2 Å². The molecule has 0 amide bonds. The highest BCUT2D eigenvalue weighted by atomic mass is 32.7. The second-order valence-corrected chi connectivity index (χ2v) is 15.8. The molecule has 3 fully saturated rings. The number of hydrogen-bond acceptors (Lipinski definition) is 15. The maximum Gasteiger partial charge on any atom is 0.386 e. The van der Waals surface area contributed by atoms with Gasteiger partial charge in [-0.3, -0.25) is 18.1 Å². The number of aromatic nitrogens is 6. The summed E-state index contributed by atoms with van der Waals surface area (Å²) < 4.78 is 66.6. The quantitative estimate of drug-likeness (QED) is 0.145. The second-order valence-electron chi connectivity index (χ2n) is 10.2. The number of anilines is 2. The van der Waals surface area contributed by atoms with Gasteiger partial charge in [-0.2, -0.15) is 27.0 Å². The normalized spacial score (nSPS) is 36.6. The maximum atomic E-state index is 16.0. The summed E-state index contributed by atoms with van der Waals surface area (Å²) in [5.74, 6) is 0.0934. The Kier molecular flexibility index (Phi) is 10.4. The van der Waals surface area contributed by atoms with Crippen LogP contribution in [0.3, 0.4) is 0 Å². The number of rotatable bonds is 2. The minimum absolute atomic E-state index is 0. The zero-order chi connectivity index (χ0) is 31.0. The van der Waals surface area contributed by atoms with Gasteiger partial charge in [0.2, 0.25) is 0 Å². The number of thiol groups is 1. The van der Waals surface area contributed by atoms with Gasteiger partial charge in [-0.25, -0.2) is 28.9 Å². The van der Waals surface area contributed by atoms with Gasteiger partial charge in [0.1, 0.15) is 48.0 Å². The lowest BCUT2D eigenvalue weighted by molar-refractivity contribution is -0.0584. The van der Waals surface area contributed by atoms with E-state index in [4.69, 9.17) is 50.8 Å². The van der Waals surface area contributed by atoms with Crippen molar-refractivity contribution < 1.29 is 46.5 Å². The highest BCUT2D eigenvalue weighted by Gasteiger charge is 2.53. The molecule has 0 saturated carbocycles. The molecule has 17 nitrogen and oxygen atoms in total. The number of nitrogens with two attached hydrogens (primary N) is 2. The highest BCUT2D eigenvalue weighted by Crippen LogP contribution is 2.58. The standard InChI is InChI=1S/C22H25FN8O9P2S2.2H2S/c23-13-16-12(38-21(13)30-4-2-9-10(24)1-3-26-19(9)30)6-36-42(34,44)40-17-15(32)11(5-35-41(33,43)39-16)37-22(17)31-8-29-14-18(25)27-7-28-20(14)31;;/h1-4,7-8,11-13,15-17,21-22,32H,5-6H2,(H2,24,26)(H,33,43)(H,34,44)(H2,25,27,28);2*1H2/t11-,12-,13-,15-,16-,17-,21-,22-,41?,42?;;/m1../s1. The number of nitrogen functional groups attached to an aromatic ring is 2. The molecule has 4 aromatic rings. The fraction of sp³-hybridized carbons (Fsp3) is 0.455. The summed E-state index contributed by atoms with van der Waals surface area (Å²) in [5, 5.41) is 11.7. The number of halogens is 1. The smallest absolute Gasteiger partial charge is 0.386 e. The number of ether oxygens (including phenoxy) is 2. The first-order valence-corrected chi connectivity index (χ1v) is 18.3. The van der Waals surface area contributed by atoms with Crippen molar-refractivity contribution in [1.82, 2.24) is 29.1 Å². The van der Waals surface area contributed by atoms with Gasteiger partial charge in [0, 0.05) is 23.5 Å². The number of alkyl halides is 1. The van der Waals surface area contributed by atoms with Gasteiger partial charge in [0.05, 0.1) is 19.5 Å².